The minimum atomic E-state index is -4.55. The minimum absolute atomic E-state index is 0.0755. The standard InChI is InChI=1S/C42H82O11S/c1-3-5-7-9-11-13-15-17-19-21-23-25-27-29-31-50-33-36(34-51-42-41(46)37(35-54(47,48)49)40(45)38(32-43)53-42)52-39(44)30-28-26-24-22-20-18-16-14-12-10-8-6-4-2/h36-38,40-43,45-46H,3-35H2,1-2H3,(H,47,48,49)/t36-,37+,38-,40-,41-,42-/m1/s1. The van der Waals surface area contributed by atoms with Gasteiger partial charge in [-0.05, 0) is 12.8 Å². The van der Waals surface area contributed by atoms with Gasteiger partial charge < -0.3 is 34.3 Å². The molecule has 322 valence electrons. The van der Waals surface area contributed by atoms with Crippen molar-refractivity contribution in [1.29, 1.82) is 0 Å². The monoisotopic (exact) mass is 795 g/mol. The Morgan fingerprint density at radius 1 is 0.630 bits per heavy atom. The summed E-state index contributed by atoms with van der Waals surface area (Å²) in [6.07, 6.45) is 27.0. The molecule has 0 aromatic rings. The Bertz CT molecular complexity index is 966. The van der Waals surface area contributed by atoms with Gasteiger partial charge in [-0.25, -0.2) is 0 Å². The molecule has 11 nitrogen and oxygen atoms in total. The molecule has 1 rings (SSSR count). The Balaban J connectivity index is 2.44. The van der Waals surface area contributed by atoms with Crippen LogP contribution in [0.4, 0.5) is 0 Å². The molecule has 54 heavy (non-hydrogen) atoms. The van der Waals surface area contributed by atoms with Crippen LogP contribution in [-0.2, 0) is 33.9 Å². The zero-order valence-corrected chi connectivity index (χ0v) is 35.2. The Labute approximate surface area is 329 Å². The van der Waals surface area contributed by atoms with Crippen LogP contribution in [0.5, 0.6) is 0 Å². The lowest BCUT2D eigenvalue weighted by atomic mass is 9.90. The quantitative estimate of drug-likeness (QED) is 0.0268. The van der Waals surface area contributed by atoms with Crippen molar-refractivity contribution < 1.29 is 52.0 Å². The predicted octanol–water partition coefficient (Wildman–Crippen LogP) is 8.84. The number of ether oxygens (including phenoxy) is 4. The first-order valence-electron chi connectivity index (χ1n) is 22.1. The van der Waals surface area contributed by atoms with E-state index in [2.05, 4.69) is 13.8 Å². The summed E-state index contributed by atoms with van der Waals surface area (Å²) in [5.41, 5.74) is 0. The highest BCUT2D eigenvalue weighted by atomic mass is 32.2. The number of aliphatic hydroxyl groups excluding tert-OH is 3. The molecule has 0 amide bonds. The van der Waals surface area contributed by atoms with E-state index >= 15 is 0 Å². The predicted molar refractivity (Wildman–Crippen MR) is 215 cm³/mol. The fraction of sp³-hybridized carbons (Fsp3) is 0.976. The number of unbranched alkanes of at least 4 members (excludes halogenated alkanes) is 25. The van der Waals surface area contributed by atoms with Crippen LogP contribution in [0.2, 0.25) is 0 Å². The lowest BCUT2D eigenvalue weighted by molar-refractivity contribution is -0.292. The van der Waals surface area contributed by atoms with Crippen LogP contribution >= 0.6 is 0 Å². The highest BCUT2D eigenvalue weighted by Gasteiger charge is 2.46. The number of esters is 1. The van der Waals surface area contributed by atoms with Gasteiger partial charge in [0.2, 0.25) is 0 Å². The van der Waals surface area contributed by atoms with Gasteiger partial charge in [-0.2, -0.15) is 8.42 Å². The Hall–Kier alpha value is -0.860. The zero-order valence-electron chi connectivity index (χ0n) is 34.4. The summed E-state index contributed by atoms with van der Waals surface area (Å²) in [6, 6.07) is 0. The fourth-order valence-electron chi connectivity index (χ4n) is 7.21. The summed E-state index contributed by atoms with van der Waals surface area (Å²) in [7, 11) is -4.55. The van der Waals surface area contributed by atoms with Crippen molar-refractivity contribution in [3.05, 3.63) is 0 Å². The van der Waals surface area contributed by atoms with E-state index in [-0.39, 0.29) is 25.6 Å². The smallest absolute Gasteiger partial charge is 0.306 e. The first-order valence-corrected chi connectivity index (χ1v) is 23.7. The summed E-state index contributed by atoms with van der Waals surface area (Å²) < 4.78 is 55.4. The van der Waals surface area contributed by atoms with Gasteiger partial charge in [-0.1, -0.05) is 174 Å². The third-order valence-electron chi connectivity index (χ3n) is 10.6. The highest BCUT2D eigenvalue weighted by molar-refractivity contribution is 7.85. The molecule has 1 saturated heterocycles. The van der Waals surface area contributed by atoms with Crippen LogP contribution < -0.4 is 0 Å². The fourth-order valence-corrected chi connectivity index (χ4v) is 8.09. The first kappa shape index (κ1) is 51.2. The topological polar surface area (TPSA) is 169 Å². The van der Waals surface area contributed by atoms with E-state index in [1.165, 1.54) is 135 Å². The van der Waals surface area contributed by atoms with Crippen molar-refractivity contribution in [2.45, 2.75) is 224 Å². The van der Waals surface area contributed by atoms with Crippen molar-refractivity contribution in [3.63, 3.8) is 0 Å². The molecule has 0 aromatic carbocycles. The molecule has 1 aliphatic heterocycles. The van der Waals surface area contributed by atoms with E-state index in [0.29, 0.717) is 6.61 Å². The average Bonchev–Trinajstić information content (AvgIpc) is 3.14. The Kier molecular flexibility index (Phi) is 32.4. The summed E-state index contributed by atoms with van der Waals surface area (Å²) in [5, 5.41) is 30.9. The van der Waals surface area contributed by atoms with Crippen LogP contribution in [0, 0.1) is 5.92 Å². The van der Waals surface area contributed by atoms with Gasteiger partial charge in [0.25, 0.3) is 10.1 Å². The molecule has 6 atom stereocenters. The number of hydrogen-bond donors (Lipinski definition) is 4. The van der Waals surface area contributed by atoms with E-state index in [9.17, 15) is 33.1 Å². The third-order valence-corrected chi connectivity index (χ3v) is 11.4. The van der Waals surface area contributed by atoms with Gasteiger partial charge >= 0.3 is 5.97 Å². The molecular formula is C42H82O11S. The largest absolute Gasteiger partial charge is 0.457 e. The molecule has 12 heteroatoms. The average molecular weight is 795 g/mol. The van der Waals surface area contributed by atoms with Crippen LogP contribution in [-0.4, -0.2) is 97.1 Å². The van der Waals surface area contributed by atoms with Crippen LogP contribution in [0.1, 0.15) is 194 Å². The van der Waals surface area contributed by atoms with Gasteiger partial charge in [-0.15, -0.1) is 0 Å². The lowest BCUT2D eigenvalue weighted by Gasteiger charge is -2.41. The van der Waals surface area contributed by atoms with Crippen molar-refractivity contribution in [2.24, 2.45) is 5.92 Å². The molecular weight excluding hydrogens is 713 g/mol. The second-order valence-electron chi connectivity index (χ2n) is 15.7. The number of rotatable bonds is 38. The summed E-state index contributed by atoms with van der Waals surface area (Å²) in [4.78, 5) is 12.8. The van der Waals surface area contributed by atoms with E-state index < -0.39 is 59.1 Å². The molecule has 0 saturated carbocycles. The lowest BCUT2D eigenvalue weighted by Crippen LogP contribution is -2.58. The molecule has 1 aliphatic rings. The number of carbonyl (C=O) groups is 1. The zero-order chi connectivity index (χ0) is 39.7. The number of hydrogen-bond acceptors (Lipinski definition) is 10. The van der Waals surface area contributed by atoms with E-state index in [1.54, 1.807) is 0 Å². The van der Waals surface area contributed by atoms with Crippen molar-refractivity contribution in [1.82, 2.24) is 0 Å². The van der Waals surface area contributed by atoms with E-state index in [1.807, 2.05) is 0 Å². The molecule has 0 aromatic heterocycles. The first-order chi connectivity index (χ1) is 26.1. The Morgan fingerprint density at radius 3 is 1.48 bits per heavy atom. The van der Waals surface area contributed by atoms with E-state index in [0.717, 1.165) is 38.5 Å². The molecule has 0 aliphatic carbocycles. The molecule has 0 radical (unpaired) electrons. The summed E-state index contributed by atoms with van der Waals surface area (Å²) in [5.74, 6) is -2.66. The van der Waals surface area contributed by atoms with Crippen LogP contribution in [0.3, 0.4) is 0 Å². The maximum atomic E-state index is 12.8. The van der Waals surface area contributed by atoms with Crippen molar-refractivity contribution in [2.75, 3.05) is 32.2 Å². The van der Waals surface area contributed by atoms with Crippen LogP contribution in [0.25, 0.3) is 0 Å². The van der Waals surface area contributed by atoms with Gasteiger partial charge in [0.05, 0.1) is 31.7 Å². The van der Waals surface area contributed by atoms with Gasteiger partial charge in [-0.3, -0.25) is 9.35 Å². The van der Waals surface area contributed by atoms with Gasteiger partial charge in [0.15, 0.2) is 6.29 Å². The van der Waals surface area contributed by atoms with Gasteiger partial charge in [0, 0.05) is 18.9 Å². The minimum Gasteiger partial charge on any atom is -0.457 e. The summed E-state index contributed by atoms with van der Waals surface area (Å²) >= 11 is 0. The van der Waals surface area contributed by atoms with E-state index in [4.69, 9.17) is 18.9 Å². The second kappa shape index (κ2) is 34.2. The molecule has 1 heterocycles. The molecule has 0 bridgehead atoms. The van der Waals surface area contributed by atoms with Crippen LogP contribution in [0.15, 0.2) is 0 Å². The summed E-state index contributed by atoms with van der Waals surface area (Å²) in [6.45, 7) is 4.21. The molecule has 0 unspecified atom stereocenters. The third kappa shape index (κ3) is 27.7. The molecule has 0 spiro atoms. The maximum absolute atomic E-state index is 12.8. The normalized spacial score (nSPS) is 21.0. The highest BCUT2D eigenvalue weighted by Crippen LogP contribution is 2.28. The molecule has 4 N–H and O–H groups in total. The second-order valence-corrected chi connectivity index (χ2v) is 17.2. The SMILES string of the molecule is CCCCCCCCCCCCCCCCOC[C@H](CO[C@@H]1O[C@H](CO)[C@H](O)[C@H](CS(=O)(=O)O)[C@H]1O)OC(=O)CCCCCCCCCCCCCCC. The maximum Gasteiger partial charge on any atom is 0.306 e. The molecule has 1 fully saturated rings. The van der Waals surface area contributed by atoms with Crippen molar-refractivity contribution in [3.8, 4) is 0 Å². The number of aliphatic hydroxyl groups is 3. The number of carbonyl (C=O) groups excluding carboxylic acids is 1. The Morgan fingerprint density at radius 2 is 1.06 bits per heavy atom. The van der Waals surface area contributed by atoms with Gasteiger partial charge in [0.1, 0.15) is 18.3 Å². The van der Waals surface area contributed by atoms with Crippen molar-refractivity contribution >= 4 is 16.1 Å².